The van der Waals surface area contributed by atoms with Gasteiger partial charge in [-0.25, -0.2) is 14.4 Å². The molecule has 0 amide bonds. The topological polar surface area (TPSA) is 66.0 Å². The molecule has 24 heavy (non-hydrogen) atoms. The zero-order chi connectivity index (χ0) is 17.3. The maximum Gasteiger partial charge on any atom is 0.174 e. The molecular formula is C17H23FN4OSi-. The normalized spacial score (nSPS) is 21.3. The average molecular weight is 346 g/mol. The molecule has 0 saturated heterocycles. The number of pyridine rings is 1. The molecule has 3 rings (SSSR count). The summed E-state index contributed by atoms with van der Waals surface area (Å²) >= 11 is 0. The summed E-state index contributed by atoms with van der Waals surface area (Å²) in [7, 11) is 0.462. The van der Waals surface area contributed by atoms with Crippen molar-refractivity contribution in [3.05, 3.63) is 36.3 Å². The lowest BCUT2D eigenvalue weighted by Crippen LogP contribution is -2.23. The molecule has 2 N–H and O–H groups in total. The van der Waals surface area contributed by atoms with Crippen LogP contribution >= 0.6 is 0 Å². The Morgan fingerprint density at radius 2 is 2.12 bits per heavy atom. The van der Waals surface area contributed by atoms with Crippen LogP contribution in [0.25, 0.3) is 5.82 Å². The maximum absolute atomic E-state index is 14.0. The van der Waals surface area contributed by atoms with Crippen LogP contribution in [0.5, 0.6) is 0 Å². The summed E-state index contributed by atoms with van der Waals surface area (Å²) in [6.07, 6.45) is 8.33. The van der Waals surface area contributed by atoms with Gasteiger partial charge in [0.1, 0.15) is 6.33 Å². The Kier molecular flexibility index (Phi) is 4.73. The van der Waals surface area contributed by atoms with Gasteiger partial charge in [0.2, 0.25) is 0 Å². The first-order chi connectivity index (χ1) is 11.3. The molecule has 0 aromatic carbocycles. The Bertz CT molecular complexity index is 713. The van der Waals surface area contributed by atoms with E-state index in [0.29, 0.717) is 15.5 Å². The second-order valence-corrected chi connectivity index (χ2v) is 9.27. The maximum atomic E-state index is 14.0. The number of hydrogen-bond acceptors (Lipinski definition) is 4. The summed E-state index contributed by atoms with van der Waals surface area (Å²) < 4.78 is 21.8. The minimum absolute atomic E-state index is 0.170. The Balaban J connectivity index is 1.77. The van der Waals surface area contributed by atoms with Crippen molar-refractivity contribution in [1.82, 2.24) is 14.5 Å². The molecule has 0 aliphatic heterocycles. The smallest absolute Gasteiger partial charge is 0.174 e. The van der Waals surface area contributed by atoms with E-state index in [1.807, 2.05) is 6.20 Å². The van der Waals surface area contributed by atoms with Gasteiger partial charge in [0.05, 0.1) is 17.6 Å². The molecule has 2 atom stereocenters. The van der Waals surface area contributed by atoms with Crippen LogP contribution in [0.15, 0.2) is 24.8 Å². The van der Waals surface area contributed by atoms with Crippen molar-refractivity contribution in [2.24, 2.45) is 0 Å². The largest absolute Gasteiger partial charge is 0.618 e. The minimum atomic E-state index is -0.451. The van der Waals surface area contributed by atoms with Gasteiger partial charge in [-0.2, -0.15) is 5.04 Å². The monoisotopic (exact) mass is 346 g/mol. The minimum Gasteiger partial charge on any atom is -0.618 e. The van der Waals surface area contributed by atoms with Crippen LogP contribution in [-0.2, 0) is 4.43 Å². The third-order valence-corrected chi connectivity index (χ3v) is 5.07. The van der Waals surface area contributed by atoms with Gasteiger partial charge in [-0.05, 0) is 12.8 Å². The Labute approximate surface area is 144 Å². The van der Waals surface area contributed by atoms with Crippen molar-refractivity contribution in [1.29, 1.82) is 0 Å². The molecule has 1 aliphatic carbocycles. The molecule has 1 aliphatic rings. The number of nitrogens with two attached hydrogens (primary N) is 1. The van der Waals surface area contributed by atoms with Crippen LogP contribution in [-0.4, -0.2) is 30.4 Å². The summed E-state index contributed by atoms with van der Waals surface area (Å²) in [5, 5.41) is 0.170. The van der Waals surface area contributed by atoms with Crippen molar-refractivity contribution in [2.75, 3.05) is 5.73 Å². The van der Waals surface area contributed by atoms with Gasteiger partial charge in [-0.3, -0.25) is 14.3 Å². The number of hydrogen-bond donors (Lipinski definition) is 1. The van der Waals surface area contributed by atoms with Gasteiger partial charge >= 0.3 is 0 Å². The van der Waals surface area contributed by atoms with E-state index >= 15 is 0 Å². The van der Waals surface area contributed by atoms with E-state index in [1.165, 1.54) is 12.3 Å². The number of halogens is 1. The second kappa shape index (κ2) is 6.64. The van der Waals surface area contributed by atoms with Crippen molar-refractivity contribution < 1.29 is 8.82 Å². The highest BCUT2D eigenvalue weighted by atomic mass is 28.2. The molecule has 129 valence electrons. The summed E-state index contributed by atoms with van der Waals surface area (Å²) in [5.74, 6) is 0.0281. The van der Waals surface area contributed by atoms with E-state index in [2.05, 4.69) is 30.7 Å². The number of anilines is 1. The summed E-state index contributed by atoms with van der Waals surface area (Å²) in [6, 6.07) is 1.27. The number of imidazole rings is 1. The number of nitrogen functional groups attached to an aromatic ring is 1. The van der Waals surface area contributed by atoms with Crippen LogP contribution < -0.4 is 5.73 Å². The first-order valence-electron chi connectivity index (χ1n) is 8.21. The highest BCUT2D eigenvalue weighted by Gasteiger charge is 2.29. The molecular weight excluding hydrogens is 323 g/mol. The number of aromatic nitrogens is 3. The first-order valence-corrected chi connectivity index (χ1v) is 9.12. The van der Waals surface area contributed by atoms with Gasteiger partial charge in [0, 0.05) is 24.3 Å². The lowest BCUT2D eigenvalue weighted by Gasteiger charge is -2.38. The highest BCUT2D eigenvalue weighted by molar-refractivity contribution is 6.31. The molecule has 2 aromatic rings. The van der Waals surface area contributed by atoms with E-state index < -0.39 is 5.82 Å². The van der Waals surface area contributed by atoms with Crippen molar-refractivity contribution in [2.45, 2.75) is 57.1 Å². The highest BCUT2D eigenvalue weighted by Crippen LogP contribution is 2.37. The molecule has 1 fully saturated rings. The van der Waals surface area contributed by atoms with E-state index in [1.54, 1.807) is 10.9 Å². The molecule has 2 heterocycles. The zero-order valence-corrected chi connectivity index (χ0v) is 15.3. The number of nitrogens with zero attached hydrogens (tertiary/aromatic N) is 3. The van der Waals surface area contributed by atoms with Crippen LogP contribution in [0.1, 0.15) is 51.6 Å². The summed E-state index contributed by atoms with van der Waals surface area (Å²) in [4.78, 5) is 8.55. The standard InChI is InChI=1S/C17H23FN4OSi/c1-17(2,3)24-23-15-6-4-5-12(15)14-9-22(10-21-14)16-13(18)7-11(19)8-20-16/h7-10,12,15H,4-6,19H2,1-3H3/q-1. The van der Waals surface area contributed by atoms with Crippen molar-refractivity contribution in [3.8, 4) is 5.82 Å². The zero-order valence-electron chi connectivity index (χ0n) is 14.3. The molecule has 0 spiro atoms. The summed E-state index contributed by atoms with van der Waals surface area (Å²) in [5.41, 5.74) is 6.80. The van der Waals surface area contributed by atoms with E-state index in [-0.39, 0.29) is 22.9 Å². The first kappa shape index (κ1) is 17.1. The second-order valence-electron chi connectivity index (χ2n) is 7.33. The lowest BCUT2D eigenvalue weighted by atomic mass is 10.0. The summed E-state index contributed by atoms with van der Waals surface area (Å²) in [6.45, 7) is 6.54. The molecule has 2 aromatic heterocycles. The fraction of sp³-hybridized carbons (Fsp3) is 0.529. The van der Waals surface area contributed by atoms with E-state index in [0.717, 1.165) is 25.0 Å². The third kappa shape index (κ3) is 3.84. The average Bonchev–Trinajstić information content (AvgIpc) is 3.12. The van der Waals surface area contributed by atoms with E-state index in [9.17, 15) is 4.39 Å². The molecule has 2 unspecified atom stereocenters. The quantitative estimate of drug-likeness (QED) is 0.861. The molecule has 1 radical (unpaired) electrons. The number of rotatable bonds is 4. The molecule has 5 nitrogen and oxygen atoms in total. The van der Waals surface area contributed by atoms with Gasteiger partial charge in [0.15, 0.2) is 11.6 Å². The van der Waals surface area contributed by atoms with Gasteiger partial charge in [0.25, 0.3) is 0 Å². The van der Waals surface area contributed by atoms with Crippen LogP contribution in [0, 0.1) is 5.82 Å². The predicted molar refractivity (Wildman–Crippen MR) is 92.7 cm³/mol. The lowest BCUT2D eigenvalue weighted by molar-refractivity contribution is 0.191. The molecule has 0 bridgehead atoms. The predicted octanol–water partition coefficient (Wildman–Crippen LogP) is 3.48. The third-order valence-electron chi connectivity index (χ3n) is 4.04. The van der Waals surface area contributed by atoms with E-state index in [4.69, 9.17) is 10.2 Å². The Morgan fingerprint density at radius 1 is 1.33 bits per heavy atom. The molecule has 1 saturated carbocycles. The SMILES string of the molecule is CC(C)(C)[Si-]OC1CCCC1c1cn(-c2ncc(N)cc2F)cn1. The van der Waals surface area contributed by atoms with Crippen LogP contribution in [0.3, 0.4) is 0 Å². The van der Waals surface area contributed by atoms with Gasteiger partial charge in [-0.1, -0.05) is 27.2 Å². The van der Waals surface area contributed by atoms with Gasteiger partial charge in [-0.15, -0.1) is 0 Å². The van der Waals surface area contributed by atoms with Gasteiger partial charge < -0.3 is 10.2 Å². The van der Waals surface area contributed by atoms with Crippen molar-refractivity contribution >= 4 is 15.5 Å². The Hall–Kier alpha value is -1.73. The van der Waals surface area contributed by atoms with Crippen LogP contribution in [0.2, 0.25) is 5.04 Å². The Morgan fingerprint density at radius 3 is 2.83 bits per heavy atom. The fourth-order valence-electron chi connectivity index (χ4n) is 2.94. The molecule has 7 heteroatoms. The van der Waals surface area contributed by atoms with Crippen LogP contribution in [0.4, 0.5) is 10.1 Å². The fourth-order valence-corrected chi connectivity index (χ4v) is 3.73. The van der Waals surface area contributed by atoms with Crippen molar-refractivity contribution in [3.63, 3.8) is 0 Å².